The smallest absolute Gasteiger partial charge is 0.264 e. The van der Waals surface area contributed by atoms with E-state index in [1.807, 2.05) is 4.72 Å². The van der Waals surface area contributed by atoms with Gasteiger partial charge in [-0.05, 0) is 19.1 Å². The average molecular weight is 294 g/mol. The Balaban J connectivity index is 2.45. The SMILES string of the molecule is CO[C@@H](C)C(=O)NS(=O)(=O)c1cccc2cnccc12. The van der Waals surface area contributed by atoms with E-state index in [1.54, 1.807) is 24.4 Å². The maximum atomic E-state index is 12.3. The Labute approximate surface area is 116 Å². The highest BCUT2D eigenvalue weighted by molar-refractivity contribution is 7.90. The fourth-order valence-corrected chi connectivity index (χ4v) is 2.98. The first kappa shape index (κ1) is 14.4. The second kappa shape index (κ2) is 5.56. The van der Waals surface area contributed by atoms with E-state index in [1.165, 1.54) is 26.3 Å². The van der Waals surface area contributed by atoms with Crippen LogP contribution in [0.2, 0.25) is 0 Å². The van der Waals surface area contributed by atoms with Crippen molar-refractivity contribution >= 4 is 26.7 Å². The lowest BCUT2D eigenvalue weighted by Crippen LogP contribution is -2.38. The standard InChI is InChI=1S/C13H14N2O4S/c1-9(19-2)13(16)15-20(17,18)12-5-3-4-10-8-14-7-6-11(10)12/h3-9H,1-2H3,(H,15,16)/t9-/m0/s1. The number of benzene rings is 1. The summed E-state index contributed by atoms with van der Waals surface area (Å²) < 4.78 is 31.3. The third-order valence-corrected chi connectivity index (χ3v) is 4.29. The molecule has 0 fully saturated rings. The first-order valence-electron chi connectivity index (χ1n) is 5.88. The van der Waals surface area contributed by atoms with E-state index >= 15 is 0 Å². The van der Waals surface area contributed by atoms with Gasteiger partial charge in [0.1, 0.15) is 6.10 Å². The quantitative estimate of drug-likeness (QED) is 0.911. The van der Waals surface area contributed by atoms with E-state index in [9.17, 15) is 13.2 Å². The topological polar surface area (TPSA) is 85.4 Å². The van der Waals surface area contributed by atoms with Gasteiger partial charge in [-0.15, -0.1) is 0 Å². The lowest BCUT2D eigenvalue weighted by atomic mass is 10.2. The highest BCUT2D eigenvalue weighted by Crippen LogP contribution is 2.21. The minimum Gasteiger partial charge on any atom is -0.372 e. The van der Waals surface area contributed by atoms with Gasteiger partial charge in [0, 0.05) is 30.3 Å². The highest BCUT2D eigenvalue weighted by atomic mass is 32.2. The number of carbonyl (C=O) groups is 1. The van der Waals surface area contributed by atoms with Crippen LogP contribution in [-0.4, -0.2) is 32.5 Å². The van der Waals surface area contributed by atoms with Crippen LogP contribution in [0, 0.1) is 0 Å². The fourth-order valence-electron chi connectivity index (χ4n) is 1.70. The number of hydrogen-bond acceptors (Lipinski definition) is 5. The molecule has 0 aliphatic rings. The molecule has 1 aromatic heterocycles. The van der Waals surface area contributed by atoms with Gasteiger partial charge in [0.05, 0.1) is 4.90 Å². The summed E-state index contributed by atoms with van der Waals surface area (Å²) >= 11 is 0. The van der Waals surface area contributed by atoms with Gasteiger partial charge in [-0.3, -0.25) is 9.78 Å². The summed E-state index contributed by atoms with van der Waals surface area (Å²) in [5.74, 6) is -0.710. The van der Waals surface area contributed by atoms with E-state index < -0.39 is 22.0 Å². The molecule has 0 aliphatic carbocycles. The fraction of sp³-hybridized carbons (Fsp3) is 0.231. The zero-order chi connectivity index (χ0) is 14.8. The van der Waals surface area contributed by atoms with Crippen LogP contribution in [0.15, 0.2) is 41.6 Å². The third kappa shape index (κ3) is 2.78. The molecule has 1 amide bonds. The van der Waals surface area contributed by atoms with Crippen molar-refractivity contribution in [2.45, 2.75) is 17.9 Å². The molecule has 0 unspecified atom stereocenters. The average Bonchev–Trinajstić information content (AvgIpc) is 2.45. The van der Waals surface area contributed by atoms with Crippen LogP contribution in [0.5, 0.6) is 0 Å². The van der Waals surface area contributed by atoms with Gasteiger partial charge in [-0.1, -0.05) is 12.1 Å². The lowest BCUT2D eigenvalue weighted by molar-refractivity contribution is -0.128. The molecule has 106 valence electrons. The van der Waals surface area contributed by atoms with E-state index in [0.29, 0.717) is 10.8 Å². The van der Waals surface area contributed by atoms with Crippen molar-refractivity contribution in [3.05, 3.63) is 36.7 Å². The highest BCUT2D eigenvalue weighted by Gasteiger charge is 2.23. The summed E-state index contributed by atoms with van der Waals surface area (Å²) in [7, 11) is -2.61. The Morgan fingerprint density at radius 3 is 2.80 bits per heavy atom. The molecule has 0 aliphatic heterocycles. The number of ether oxygens (including phenoxy) is 1. The number of sulfonamides is 1. The molecule has 2 rings (SSSR count). The van der Waals surface area contributed by atoms with E-state index in [-0.39, 0.29) is 4.90 Å². The number of nitrogens with zero attached hydrogens (tertiary/aromatic N) is 1. The van der Waals surface area contributed by atoms with Crippen molar-refractivity contribution in [2.24, 2.45) is 0 Å². The Morgan fingerprint density at radius 2 is 2.10 bits per heavy atom. The molecule has 0 bridgehead atoms. The number of rotatable bonds is 4. The number of methoxy groups -OCH3 is 1. The maximum Gasteiger partial charge on any atom is 0.264 e. The second-order valence-corrected chi connectivity index (χ2v) is 5.85. The zero-order valence-electron chi connectivity index (χ0n) is 11.0. The third-order valence-electron chi connectivity index (χ3n) is 2.89. The van der Waals surface area contributed by atoms with Crippen molar-refractivity contribution in [1.29, 1.82) is 0 Å². The summed E-state index contributed by atoms with van der Waals surface area (Å²) in [6, 6.07) is 6.38. The number of carbonyl (C=O) groups excluding carboxylic acids is 1. The summed E-state index contributed by atoms with van der Waals surface area (Å²) in [6.45, 7) is 1.47. The molecular weight excluding hydrogens is 280 g/mol. The van der Waals surface area contributed by atoms with Gasteiger partial charge in [0.25, 0.3) is 15.9 Å². The molecule has 0 spiro atoms. The van der Waals surface area contributed by atoms with Gasteiger partial charge in [0.15, 0.2) is 0 Å². The summed E-state index contributed by atoms with van der Waals surface area (Å²) in [5, 5.41) is 1.19. The van der Waals surface area contributed by atoms with E-state index in [0.717, 1.165) is 0 Å². The minimum absolute atomic E-state index is 0.0362. The Hall–Kier alpha value is -1.99. The molecule has 1 heterocycles. The van der Waals surface area contributed by atoms with Crippen molar-refractivity contribution in [1.82, 2.24) is 9.71 Å². The van der Waals surface area contributed by atoms with Crippen LogP contribution in [0.25, 0.3) is 10.8 Å². The molecule has 0 saturated heterocycles. The summed E-state index contributed by atoms with van der Waals surface area (Å²) in [5.41, 5.74) is 0. The van der Waals surface area contributed by atoms with Crippen LogP contribution in [-0.2, 0) is 19.6 Å². The number of nitrogens with one attached hydrogen (secondary N) is 1. The number of hydrogen-bond donors (Lipinski definition) is 1. The van der Waals surface area contributed by atoms with Crippen LogP contribution in [0.3, 0.4) is 0 Å². The van der Waals surface area contributed by atoms with E-state index in [4.69, 9.17) is 4.74 Å². The van der Waals surface area contributed by atoms with Crippen molar-refractivity contribution in [3.8, 4) is 0 Å². The van der Waals surface area contributed by atoms with Crippen LogP contribution in [0.4, 0.5) is 0 Å². The Morgan fingerprint density at radius 1 is 1.35 bits per heavy atom. The van der Waals surface area contributed by atoms with Gasteiger partial charge >= 0.3 is 0 Å². The van der Waals surface area contributed by atoms with Gasteiger partial charge in [-0.25, -0.2) is 13.1 Å². The van der Waals surface area contributed by atoms with Crippen molar-refractivity contribution < 1.29 is 17.9 Å². The first-order chi connectivity index (χ1) is 9.45. The van der Waals surface area contributed by atoms with Crippen LogP contribution >= 0.6 is 0 Å². The predicted octanol–water partition coefficient (Wildman–Crippen LogP) is 1.07. The molecular formula is C13H14N2O4S. The molecule has 2 aromatic rings. The number of pyridine rings is 1. The molecule has 0 radical (unpaired) electrons. The molecule has 1 atom stereocenters. The zero-order valence-corrected chi connectivity index (χ0v) is 11.8. The molecule has 6 nitrogen and oxygen atoms in total. The summed E-state index contributed by atoms with van der Waals surface area (Å²) in [4.78, 5) is 15.6. The lowest BCUT2D eigenvalue weighted by Gasteiger charge is -2.12. The summed E-state index contributed by atoms with van der Waals surface area (Å²) in [6.07, 6.45) is 2.22. The normalized spacial score (nSPS) is 13.1. The van der Waals surface area contributed by atoms with Gasteiger partial charge in [-0.2, -0.15) is 0 Å². The van der Waals surface area contributed by atoms with Gasteiger partial charge < -0.3 is 4.74 Å². The molecule has 1 N–H and O–H groups in total. The van der Waals surface area contributed by atoms with Gasteiger partial charge in [0.2, 0.25) is 0 Å². The van der Waals surface area contributed by atoms with Crippen LogP contribution < -0.4 is 4.72 Å². The Bertz CT molecular complexity index is 738. The second-order valence-electron chi connectivity index (χ2n) is 4.20. The molecule has 0 saturated carbocycles. The molecule has 7 heteroatoms. The number of aromatic nitrogens is 1. The number of amides is 1. The molecule has 1 aromatic carbocycles. The maximum absolute atomic E-state index is 12.3. The van der Waals surface area contributed by atoms with Crippen LogP contribution in [0.1, 0.15) is 6.92 Å². The van der Waals surface area contributed by atoms with Crippen molar-refractivity contribution in [3.63, 3.8) is 0 Å². The first-order valence-corrected chi connectivity index (χ1v) is 7.36. The predicted molar refractivity (Wildman–Crippen MR) is 73.5 cm³/mol. The monoisotopic (exact) mass is 294 g/mol. The van der Waals surface area contributed by atoms with E-state index in [2.05, 4.69) is 4.98 Å². The molecule has 20 heavy (non-hydrogen) atoms. The van der Waals surface area contributed by atoms with Crippen molar-refractivity contribution in [2.75, 3.05) is 7.11 Å². The minimum atomic E-state index is -3.95. The number of fused-ring (bicyclic) bond motifs is 1. The Kier molecular flexibility index (Phi) is 4.01. The largest absolute Gasteiger partial charge is 0.372 e.